The fourth-order valence-corrected chi connectivity index (χ4v) is 2.93. The van der Waals surface area contributed by atoms with Crippen molar-refractivity contribution in [3.63, 3.8) is 0 Å². The summed E-state index contributed by atoms with van der Waals surface area (Å²) in [5.74, 6) is 0.534. The van der Waals surface area contributed by atoms with Gasteiger partial charge in [-0.2, -0.15) is 0 Å². The third kappa shape index (κ3) is 3.58. The fraction of sp³-hybridized carbons (Fsp3) is 0.692. The van der Waals surface area contributed by atoms with Crippen LogP contribution in [-0.4, -0.2) is 17.8 Å². The molecule has 0 aliphatic carbocycles. The lowest BCUT2D eigenvalue weighted by molar-refractivity contribution is 0.181. The van der Waals surface area contributed by atoms with Gasteiger partial charge in [-0.05, 0) is 38.3 Å². The van der Waals surface area contributed by atoms with Gasteiger partial charge in [-0.1, -0.05) is 13.8 Å². The minimum Gasteiger partial charge on any atom is -0.392 e. The second-order valence-corrected chi connectivity index (χ2v) is 6.31. The van der Waals surface area contributed by atoms with E-state index >= 15 is 0 Å². The summed E-state index contributed by atoms with van der Waals surface area (Å²) >= 11 is 1.85. The van der Waals surface area contributed by atoms with Gasteiger partial charge in [-0.15, -0.1) is 11.3 Å². The Balaban J connectivity index is 2.81. The van der Waals surface area contributed by atoms with Crippen LogP contribution in [0.15, 0.2) is 6.07 Å². The second kappa shape index (κ2) is 5.80. The molecule has 0 spiro atoms. The number of aryl methyl sites for hydroxylation is 2. The Morgan fingerprint density at radius 2 is 1.94 bits per heavy atom. The molecule has 0 radical (unpaired) electrons. The van der Waals surface area contributed by atoms with Gasteiger partial charge in [0.25, 0.3) is 0 Å². The van der Waals surface area contributed by atoms with Crippen molar-refractivity contribution in [2.24, 2.45) is 5.92 Å². The number of hydrogen-bond acceptors (Lipinski definition) is 3. The number of thiophene rings is 1. The van der Waals surface area contributed by atoms with E-state index < -0.39 is 0 Å². The maximum atomic E-state index is 9.34. The first-order chi connectivity index (χ1) is 7.41. The van der Waals surface area contributed by atoms with Gasteiger partial charge in [-0.3, -0.25) is 0 Å². The summed E-state index contributed by atoms with van der Waals surface area (Å²) in [5.41, 5.74) is 1.39. The smallest absolute Gasteiger partial charge is 0.0636 e. The van der Waals surface area contributed by atoms with Crippen molar-refractivity contribution < 1.29 is 5.11 Å². The van der Waals surface area contributed by atoms with Gasteiger partial charge in [0, 0.05) is 22.3 Å². The van der Waals surface area contributed by atoms with E-state index in [4.69, 9.17) is 0 Å². The highest BCUT2D eigenvalue weighted by Crippen LogP contribution is 2.30. The average Bonchev–Trinajstić information content (AvgIpc) is 2.45. The van der Waals surface area contributed by atoms with Gasteiger partial charge >= 0.3 is 0 Å². The fourth-order valence-electron chi connectivity index (χ4n) is 1.96. The van der Waals surface area contributed by atoms with E-state index in [1.807, 2.05) is 18.3 Å². The van der Waals surface area contributed by atoms with E-state index in [9.17, 15) is 5.11 Å². The molecule has 0 amide bonds. The molecule has 16 heavy (non-hydrogen) atoms. The average molecular weight is 241 g/mol. The number of aliphatic hydroxyl groups is 1. The lowest BCUT2D eigenvalue weighted by Gasteiger charge is -2.23. The molecule has 0 saturated carbocycles. The summed E-state index contributed by atoms with van der Waals surface area (Å²) in [6.45, 7) is 11.2. The zero-order chi connectivity index (χ0) is 12.3. The minimum absolute atomic E-state index is 0.290. The molecule has 0 aliphatic heterocycles. The third-order valence-corrected chi connectivity index (χ3v) is 3.70. The van der Waals surface area contributed by atoms with E-state index in [2.05, 4.69) is 39.1 Å². The molecule has 1 unspecified atom stereocenters. The van der Waals surface area contributed by atoms with Crippen LogP contribution in [0, 0.1) is 19.8 Å². The predicted molar refractivity (Wildman–Crippen MR) is 71.1 cm³/mol. The summed E-state index contributed by atoms with van der Waals surface area (Å²) in [6, 6.07) is 2.61. The molecule has 1 aromatic heterocycles. The summed E-state index contributed by atoms with van der Waals surface area (Å²) in [7, 11) is 0. The molecule has 2 atom stereocenters. The van der Waals surface area contributed by atoms with Gasteiger partial charge in [-0.25, -0.2) is 0 Å². The van der Waals surface area contributed by atoms with Crippen LogP contribution in [0.1, 0.15) is 42.1 Å². The van der Waals surface area contributed by atoms with Gasteiger partial charge in [0.15, 0.2) is 0 Å². The standard InChI is InChI=1S/C13H23NOS/c1-8(2)13(14-7-9(3)15)12-6-10(4)16-11(12)5/h6,8-9,13-15H,7H2,1-5H3/t9-,13?/m0/s1. The van der Waals surface area contributed by atoms with Crippen LogP contribution >= 0.6 is 11.3 Å². The van der Waals surface area contributed by atoms with E-state index in [0.717, 1.165) is 0 Å². The normalized spacial score (nSPS) is 15.4. The van der Waals surface area contributed by atoms with Crippen LogP contribution in [0.2, 0.25) is 0 Å². The molecule has 0 aliphatic rings. The molecule has 92 valence electrons. The van der Waals surface area contributed by atoms with Gasteiger partial charge < -0.3 is 10.4 Å². The zero-order valence-corrected chi connectivity index (χ0v) is 11.7. The first-order valence-electron chi connectivity index (χ1n) is 5.90. The van der Waals surface area contributed by atoms with Crippen molar-refractivity contribution in [3.05, 3.63) is 21.4 Å². The van der Waals surface area contributed by atoms with Crippen molar-refractivity contribution in [1.29, 1.82) is 0 Å². The second-order valence-electron chi connectivity index (χ2n) is 4.85. The molecule has 2 nitrogen and oxygen atoms in total. The lowest BCUT2D eigenvalue weighted by Crippen LogP contribution is -2.31. The molecule has 1 aromatic rings. The van der Waals surface area contributed by atoms with Crippen LogP contribution in [0.25, 0.3) is 0 Å². The Morgan fingerprint density at radius 3 is 2.31 bits per heavy atom. The van der Waals surface area contributed by atoms with Crippen LogP contribution in [0.4, 0.5) is 0 Å². The van der Waals surface area contributed by atoms with E-state index in [1.54, 1.807) is 0 Å². The van der Waals surface area contributed by atoms with Crippen LogP contribution < -0.4 is 5.32 Å². The summed E-state index contributed by atoms with van der Waals surface area (Å²) in [4.78, 5) is 2.74. The number of aliphatic hydroxyl groups excluding tert-OH is 1. The number of rotatable bonds is 5. The van der Waals surface area contributed by atoms with Gasteiger partial charge in [0.1, 0.15) is 0 Å². The Kier molecular flexibility index (Phi) is 4.96. The molecule has 3 heteroatoms. The molecule has 1 heterocycles. The highest BCUT2D eigenvalue weighted by Gasteiger charge is 2.19. The maximum Gasteiger partial charge on any atom is 0.0636 e. The summed E-state index contributed by atoms with van der Waals surface area (Å²) in [5, 5.41) is 12.8. The van der Waals surface area contributed by atoms with Gasteiger partial charge in [0.05, 0.1) is 6.10 Å². The van der Waals surface area contributed by atoms with Crippen molar-refractivity contribution in [2.45, 2.75) is 46.8 Å². The molecule has 0 fully saturated rings. The van der Waals surface area contributed by atoms with Crippen LogP contribution in [0.3, 0.4) is 0 Å². The minimum atomic E-state index is -0.290. The summed E-state index contributed by atoms with van der Waals surface area (Å²) < 4.78 is 0. The molecule has 0 aromatic carbocycles. The SMILES string of the molecule is Cc1cc(C(NC[C@H](C)O)C(C)C)c(C)s1. The topological polar surface area (TPSA) is 32.3 Å². The zero-order valence-electron chi connectivity index (χ0n) is 10.9. The van der Waals surface area contributed by atoms with Gasteiger partial charge in [0.2, 0.25) is 0 Å². The number of nitrogens with one attached hydrogen (secondary N) is 1. The van der Waals surface area contributed by atoms with Crippen molar-refractivity contribution >= 4 is 11.3 Å². The highest BCUT2D eigenvalue weighted by molar-refractivity contribution is 7.12. The Labute approximate surface area is 103 Å². The van der Waals surface area contributed by atoms with Crippen LogP contribution in [0.5, 0.6) is 0 Å². The van der Waals surface area contributed by atoms with Crippen molar-refractivity contribution in [1.82, 2.24) is 5.32 Å². The van der Waals surface area contributed by atoms with Crippen LogP contribution in [-0.2, 0) is 0 Å². The van der Waals surface area contributed by atoms with Crippen molar-refractivity contribution in [3.8, 4) is 0 Å². The first-order valence-corrected chi connectivity index (χ1v) is 6.71. The molecular weight excluding hydrogens is 218 g/mol. The van der Waals surface area contributed by atoms with E-state index in [1.165, 1.54) is 15.3 Å². The summed E-state index contributed by atoms with van der Waals surface area (Å²) in [6.07, 6.45) is -0.290. The largest absolute Gasteiger partial charge is 0.392 e. The number of hydrogen-bond donors (Lipinski definition) is 2. The first kappa shape index (κ1) is 13.7. The molecule has 0 saturated heterocycles. The molecule has 0 bridgehead atoms. The predicted octanol–water partition coefficient (Wildman–Crippen LogP) is 3.03. The Hall–Kier alpha value is -0.380. The molecule has 1 rings (SSSR count). The maximum absolute atomic E-state index is 9.34. The monoisotopic (exact) mass is 241 g/mol. The highest BCUT2D eigenvalue weighted by atomic mass is 32.1. The lowest BCUT2D eigenvalue weighted by atomic mass is 9.96. The Morgan fingerprint density at radius 1 is 1.31 bits per heavy atom. The Bertz CT molecular complexity index is 331. The molecular formula is C13H23NOS. The molecule has 2 N–H and O–H groups in total. The van der Waals surface area contributed by atoms with E-state index in [0.29, 0.717) is 18.5 Å². The van der Waals surface area contributed by atoms with E-state index in [-0.39, 0.29) is 6.10 Å². The third-order valence-electron chi connectivity index (χ3n) is 2.71. The van der Waals surface area contributed by atoms with Crippen molar-refractivity contribution in [2.75, 3.05) is 6.54 Å². The quantitative estimate of drug-likeness (QED) is 0.830.